The summed E-state index contributed by atoms with van der Waals surface area (Å²) in [6, 6.07) is 4.06. The lowest BCUT2D eigenvalue weighted by Crippen LogP contribution is -2.37. The molecule has 0 radical (unpaired) electrons. The molecule has 1 aliphatic carbocycles. The van der Waals surface area contributed by atoms with Gasteiger partial charge in [0.2, 0.25) is 0 Å². The van der Waals surface area contributed by atoms with Gasteiger partial charge in [0.15, 0.2) is 0 Å². The zero-order valence-corrected chi connectivity index (χ0v) is 17.9. The summed E-state index contributed by atoms with van der Waals surface area (Å²) in [6.07, 6.45) is 8.23. The summed E-state index contributed by atoms with van der Waals surface area (Å²) >= 11 is 1.65. The van der Waals surface area contributed by atoms with E-state index < -0.39 is 13.1 Å². The maximum Gasteiger partial charge on any atom is 0.325 e. The van der Waals surface area contributed by atoms with Crippen molar-refractivity contribution in [1.82, 2.24) is 0 Å². The van der Waals surface area contributed by atoms with E-state index in [0.29, 0.717) is 25.4 Å². The Balaban J connectivity index is 1.69. The summed E-state index contributed by atoms with van der Waals surface area (Å²) in [5.74, 6) is 6.96. The average Bonchev–Trinajstić information content (AvgIpc) is 3.07. The summed E-state index contributed by atoms with van der Waals surface area (Å²) in [7, 11) is -3.99. The van der Waals surface area contributed by atoms with Gasteiger partial charge >= 0.3 is 7.60 Å². The van der Waals surface area contributed by atoms with E-state index in [4.69, 9.17) is 20.3 Å². The number of aryl methyl sites for hydroxylation is 1. The summed E-state index contributed by atoms with van der Waals surface area (Å²) < 4.78 is 16.7. The second-order valence-electron chi connectivity index (χ2n) is 7.88. The van der Waals surface area contributed by atoms with Crippen LogP contribution in [0.2, 0.25) is 0 Å². The monoisotopic (exact) mass is 413 g/mol. The number of ether oxygens (including phenoxy) is 1. The lowest BCUT2D eigenvalue weighted by molar-refractivity contribution is 0.109. The Bertz CT molecular complexity index is 680. The van der Waals surface area contributed by atoms with Gasteiger partial charge in [0, 0.05) is 10.4 Å². The molecule has 5 nitrogen and oxygen atoms in total. The van der Waals surface area contributed by atoms with Crippen molar-refractivity contribution in [3.63, 3.8) is 0 Å². The second-order valence-corrected chi connectivity index (χ2v) is 10.8. The highest BCUT2D eigenvalue weighted by Crippen LogP contribution is 2.37. The molecule has 1 aliphatic rings. The first-order chi connectivity index (χ1) is 12.7. The molecule has 1 aromatic heterocycles. The zero-order valence-electron chi connectivity index (χ0n) is 16.2. The van der Waals surface area contributed by atoms with Crippen molar-refractivity contribution in [2.75, 3.05) is 19.4 Å². The molecule has 1 unspecified atom stereocenters. The van der Waals surface area contributed by atoms with E-state index in [0.717, 1.165) is 17.9 Å². The molecular weight excluding hydrogens is 381 g/mol. The fourth-order valence-electron chi connectivity index (χ4n) is 3.27. The zero-order chi connectivity index (χ0) is 19.8. The van der Waals surface area contributed by atoms with Crippen LogP contribution in [0.3, 0.4) is 0 Å². The van der Waals surface area contributed by atoms with E-state index in [9.17, 15) is 4.57 Å². The normalized spacial score (nSPS) is 17.9. The fourth-order valence-corrected chi connectivity index (χ4v) is 4.95. The van der Waals surface area contributed by atoms with Crippen molar-refractivity contribution in [3.8, 4) is 11.8 Å². The Labute approximate surface area is 166 Å². The topological polar surface area (TPSA) is 92.8 Å². The molecule has 0 aliphatic heterocycles. The molecule has 1 heterocycles. The van der Waals surface area contributed by atoms with Gasteiger partial charge in [-0.15, -0.1) is 11.3 Å². The Kier molecular flexibility index (Phi) is 9.01. The minimum Gasteiger partial charge on any atom is -0.368 e. The van der Waals surface area contributed by atoms with Crippen LogP contribution in [0.5, 0.6) is 0 Å². The standard InChI is InChI=1S/C20H32NO4PS/c1-20(21,13-15-26(22,23)24)12-11-19-10-9-18(27-19)8-5-14-25-16-17-6-3-2-4-7-17/h9-10,17H,2-4,6-7,11-16,21H2,1H3,(H2,22,23,24). The Morgan fingerprint density at radius 2 is 2.04 bits per heavy atom. The van der Waals surface area contributed by atoms with Gasteiger partial charge in [-0.2, -0.15) is 0 Å². The first-order valence-corrected chi connectivity index (χ1v) is 12.3. The highest BCUT2D eigenvalue weighted by molar-refractivity contribution is 7.51. The quantitative estimate of drug-likeness (QED) is 0.324. The van der Waals surface area contributed by atoms with Crippen LogP contribution in [0.25, 0.3) is 0 Å². The number of hydrogen-bond acceptors (Lipinski definition) is 4. The largest absolute Gasteiger partial charge is 0.368 e. The fraction of sp³-hybridized carbons (Fsp3) is 0.700. The highest BCUT2D eigenvalue weighted by Gasteiger charge is 2.23. The molecule has 152 valence electrons. The Morgan fingerprint density at radius 1 is 1.30 bits per heavy atom. The van der Waals surface area contributed by atoms with Crippen LogP contribution in [-0.2, 0) is 15.7 Å². The molecule has 0 bridgehead atoms. The van der Waals surface area contributed by atoms with Crippen LogP contribution < -0.4 is 5.73 Å². The predicted octanol–water partition coefficient (Wildman–Crippen LogP) is 3.91. The van der Waals surface area contributed by atoms with E-state index in [1.165, 1.54) is 37.0 Å². The van der Waals surface area contributed by atoms with Crippen molar-refractivity contribution in [2.45, 2.75) is 63.8 Å². The van der Waals surface area contributed by atoms with Gasteiger partial charge in [-0.1, -0.05) is 31.1 Å². The molecule has 7 heteroatoms. The van der Waals surface area contributed by atoms with E-state index in [1.54, 1.807) is 11.3 Å². The van der Waals surface area contributed by atoms with E-state index in [-0.39, 0.29) is 6.16 Å². The van der Waals surface area contributed by atoms with Gasteiger partial charge in [-0.3, -0.25) is 4.57 Å². The lowest BCUT2D eigenvalue weighted by Gasteiger charge is -2.24. The molecule has 1 saturated carbocycles. The van der Waals surface area contributed by atoms with Crippen LogP contribution >= 0.6 is 18.9 Å². The SMILES string of the molecule is CC(N)(CCc1ccc(C#CCOCC2CCCCC2)s1)CCP(=O)(O)O. The molecule has 0 spiro atoms. The van der Waals surface area contributed by atoms with E-state index >= 15 is 0 Å². The van der Waals surface area contributed by atoms with Gasteiger partial charge in [0.1, 0.15) is 6.61 Å². The summed E-state index contributed by atoms with van der Waals surface area (Å²) in [6.45, 7) is 3.15. The first-order valence-electron chi connectivity index (χ1n) is 9.72. The van der Waals surface area contributed by atoms with Gasteiger partial charge in [0.05, 0.1) is 17.6 Å². The number of nitrogens with two attached hydrogens (primary N) is 1. The maximum atomic E-state index is 11.0. The lowest BCUT2D eigenvalue weighted by atomic mass is 9.90. The second kappa shape index (κ2) is 10.8. The predicted molar refractivity (Wildman–Crippen MR) is 111 cm³/mol. The van der Waals surface area contributed by atoms with Gasteiger partial charge in [-0.25, -0.2) is 0 Å². The minimum atomic E-state index is -3.99. The number of thiophene rings is 1. The number of rotatable bonds is 9. The summed E-state index contributed by atoms with van der Waals surface area (Å²) in [5, 5.41) is 0. The van der Waals surface area contributed by atoms with Crippen molar-refractivity contribution in [3.05, 3.63) is 21.9 Å². The Hall–Kier alpha value is -0.670. The van der Waals surface area contributed by atoms with Gasteiger partial charge in [-0.05, 0) is 57.1 Å². The molecule has 0 saturated heterocycles. The molecule has 27 heavy (non-hydrogen) atoms. The van der Waals surface area contributed by atoms with Gasteiger partial charge in [0.25, 0.3) is 0 Å². The van der Waals surface area contributed by atoms with Crippen LogP contribution in [0, 0.1) is 17.8 Å². The molecule has 4 N–H and O–H groups in total. The molecule has 0 amide bonds. The number of hydrogen-bond donors (Lipinski definition) is 3. The van der Waals surface area contributed by atoms with Crippen LogP contribution in [0.15, 0.2) is 12.1 Å². The smallest absolute Gasteiger partial charge is 0.325 e. The summed E-state index contributed by atoms with van der Waals surface area (Å²) in [5.41, 5.74) is 5.59. The third-order valence-electron chi connectivity index (χ3n) is 5.04. The van der Waals surface area contributed by atoms with Crippen LogP contribution in [0.4, 0.5) is 0 Å². The van der Waals surface area contributed by atoms with Crippen molar-refractivity contribution in [1.29, 1.82) is 0 Å². The van der Waals surface area contributed by atoms with E-state index in [1.807, 2.05) is 13.0 Å². The van der Waals surface area contributed by atoms with Gasteiger partial charge < -0.3 is 20.3 Å². The van der Waals surface area contributed by atoms with Crippen molar-refractivity contribution >= 4 is 18.9 Å². The van der Waals surface area contributed by atoms with Crippen molar-refractivity contribution < 1.29 is 19.1 Å². The third kappa shape index (κ3) is 9.89. The van der Waals surface area contributed by atoms with E-state index in [2.05, 4.69) is 17.9 Å². The maximum absolute atomic E-state index is 11.0. The molecule has 1 fully saturated rings. The third-order valence-corrected chi connectivity index (χ3v) is 6.91. The molecular formula is C20H32NO4PS. The first kappa shape index (κ1) is 22.6. The highest BCUT2D eigenvalue weighted by atomic mass is 32.1. The van der Waals surface area contributed by atoms with Crippen molar-refractivity contribution in [2.24, 2.45) is 11.7 Å². The molecule has 0 aromatic carbocycles. The van der Waals surface area contributed by atoms with Crippen LogP contribution in [0.1, 0.15) is 61.6 Å². The average molecular weight is 414 g/mol. The summed E-state index contributed by atoms with van der Waals surface area (Å²) in [4.78, 5) is 20.2. The minimum absolute atomic E-state index is 0.165. The van der Waals surface area contributed by atoms with Crippen LogP contribution in [-0.4, -0.2) is 34.7 Å². The molecule has 1 atom stereocenters. The molecule has 1 aromatic rings. The Morgan fingerprint density at radius 3 is 2.74 bits per heavy atom. The molecule has 2 rings (SSSR count).